The van der Waals surface area contributed by atoms with Crippen molar-refractivity contribution in [2.24, 2.45) is 0 Å². The minimum atomic E-state index is -0.297. The van der Waals surface area contributed by atoms with Crippen LogP contribution in [-0.2, 0) is 10.2 Å². The highest BCUT2D eigenvalue weighted by molar-refractivity contribution is 9.10. The van der Waals surface area contributed by atoms with Crippen LogP contribution >= 0.6 is 15.9 Å². The Morgan fingerprint density at radius 2 is 1.79 bits per heavy atom. The molecule has 0 aromatic heterocycles. The van der Waals surface area contributed by atoms with Gasteiger partial charge in [-0.2, -0.15) is 0 Å². The van der Waals surface area contributed by atoms with Crippen LogP contribution in [0.1, 0.15) is 49.5 Å². The molecule has 1 aliphatic rings. The van der Waals surface area contributed by atoms with E-state index in [9.17, 15) is 9.59 Å². The van der Waals surface area contributed by atoms with Gasteiger partial charge in [0.25, 0.3) is 11.8 Å². The van der Waals surface area contributed by atoms with Gasteiger partial charge in [0.05, 0.1) is 11.3 Å². The summed E-state index contributed by atoms with van der Waals surface area (Å²) in [6, 6.07) is 12.9. The van der Waals surface area contributed by atoms with E-state index in [0.717, 1.165) is 36.0 Å². The molecule has 0 spiro atoms. The first-order valence-electron chi connectivity index (χ1n) is 9.87. The Morgan fingerprint density at radius 3 is 2.48 bits per heavy atom. The molecule has 154 valence electrons. The van der Waals surface area contributed by atoms with Gasteiger partial charge in [0.1, 0.15) is 5.75 Å². The number of likely N-dealkylation sites (tertiary alicyclic amines) is 1. The first kappa shape index (κ1) is 21.4. The predicted octanol–water partition coefficient (Wildman–Crippen LogP) is 5.00. The van der Waals surface area contributed by atoms with Crippen LogP contribution in [0.25, 0.3) is 0 Å². The van der Waals surface area contributed by atoms with Crippen molar-refractivity contribution >= 4 is 33.4 Å². The molecule has 0 atom stereocenters. The Hall–Kier alpha value is -2.34. The van der Waals surface area contributed by atoms with Crippen molar-refractivity contribution in [3.8, 4) is 5.75 Å². The quantitative estimate of drug-likeness (QED) is 0.685. The van der Waals surface area contributed by atoms with E-state index in [1.54, 1.807) is 12.1 Å². The second-order valence-corrected chi connectivity index (χ2v) is 9.19. The number of nitrogens with one attached hydrogen (secondary N) is 1. The molecule has 0 radical (unpaired) electrons. The molecule has 0 unspecified atom stereocenters. The Bertz CT molecular complexity index is 899. The highest BCUT2D eigenvalue weighted by atomic mass is 79.9. The lowest BCUT2D eigenvalue weighted by molar-refractivity contribution is -0.118. The average Bonchev–Trinajstić information content (AvgIpc) is 3.21. The number of rotatable bonds is 5. The number of benzene rings is 2. The zero-order chi connectivity index (χ0) is 21.0. The third kappa shape index (κ3) is 5.38. The molecule has 1 N–H and O–H groups in total. The normalized spacial score (nSPS) is 14.0. The summed E-state index contributed by atoms with van der Waals surface area (Å²) in [6.45, 7) is 7.70. The summed E-state index contributed by atoms with van der Waals surface area (Å²) in [5.41, 5.74) is 1.93. The van der Waals surface area contributed by atoms with Crippen molar-refractivity contribution in [3.63, 3.8) is 0 Å². The van der Waals surface area contributed by atoms with Gasteiger partial charge in [-0.3, -0.25) is 9.59 Å². The Balaban J connectivity index is 1.69. The molecule has 29 heavy (non-hydrogen) atoms. The van der Waals surface area contributed by atoms with Gasteiger partial charge < -0.3 is 15.0 Å². The van der Waals surface area contributed by atoms with Gasteiger partial charge in [-0.1, -0.05) is 48.8 Å². The smallest absolute Gasteiger partial charge is 0.262 e. The minimum absolute atomic E-state index is 0.0396. The molecule has 0 bridgehead atoms. The number of para-hydroxylation sites is 1. The van der Waals surface area contributed by atoms with Crippen molar-refractivity contribution < 1.29 is 14.3 Å². The first-order valence-corrected chi connectivity index (χ1v) is 10.7. The summed E-state index contributed by atoms with van der Waals surface area (Å²) in [5, 5.41) is 2.83. The van der Waals surface area contributed by atoms with E-state index in [0.29, 0.717) is 17.0 Å². The maximum Gasteiger partial charge on any atom is 0.262 e. The molecule has 2 aromatic rings. The lowest BCUT2D eigenvalue weighted by atomic mass is 9.86. The van der Waals surface area contributed by atoms with Crippen LogP contribution in [0.5, 0.6) is 5.75 Å². The molecule has 1 fully saturated rings. The monoisotopic (exact) mass is 458 g/mol. The van der Waals surface area contributed by atoms with Crippen LogP contribution in [0.2, 0.25) is 0 Å². The van der Waals surface area contributed by atoms with E-state index in [1.807, 2.05) is 35.2 Å². The minimum Gasteiger partial charge on any atom is -0.483 e. The SMILES string of the molecule is CC(C)(C)c1cc(Br)ccc1OCC(=O)Nc1ccccc1C(=O)N1CCCC1. The molecule has 0 saturated carbocycles. The summed E-state index contributed by atoms with van der Waals surface area (Å²) in [5.74, 6) is 0.342. The van der Waals surface area contributed by atoms with Gasteiger partial charge in [0, 0.05) is 23.1 Å². The molecular formula is C23H27BrN2O3. The Morgan fingerprint density at radius 1 is 1.10 bits per heavy atom. The molecule has 5 nitrogen and oxygen atoms in total. The van der Waals surface area contributed by atoms with Crippen molar-refractivity contribution in [2.75, 3.05) is 25.0 Å². The molecule has 1 saturated heterocycles. The van der Waals surface area contributed by atoms with Gasteiger partial charge >= 0.3 is 0 Å². The van der Waals surface area contributed by atoms with Gasteiger partial charge in [-0.25, -0.2) is 0 Å². The summed E-state index contributed by atoms with van der Waals surface area (Å²) in [6.07, 6.45) is 2.05. The van der Waals surface area contributed by atoms with Crippen molar-refractivity contribution in [3.05, 3.63) is 58.1 Å². The van der Waals surface area contributed by atoms with Crippen LogP contribution in [0.4, 0.5) is 5.69 Å². The van der Waals surface area contributed by atoms with Crippen molar-refractivity contribution in [1.82, 2.24) is 4.90 Å². The predicted molar refractivity (Wildman–Crippen MR) is 119 cm³/mol. The van der Waals surface area contributed by atoms with Gasteiger partial charge in [-0.05, 0) is 48.6 Å². The third-order valence-corrected chi connectivity index (χ3v) is 5.43. The summed E-state index contributed by atoms with van der Waals surface area (Å²) in [7, 11) is 0. The number of carbonyl (C=O) groups excluding carboxylic acids is 2. The summed E-state index contributed by atoms with van der Waals surface area (Å²) in [4.78, 5) is 27.1. The fourth-order valence-electron chi connectivity index (χ4n) is 3.41. The van der Waals surface area contributed by atoms with E-state index in [2.05, 4.69) is 42.0 Å². The zero-order valence-electron chi connectivity index (χ0n) is 17.1. The standard InChI is InChI=1S/C23H27BrN2O3/c1-23(2,3)18-14-16(24)10-11-20(18)29-15-21(27)25-19-9-5-4-8-17(19)22(28)26-12-6-7-13-26/h4-5,8-11,14H,6-7,12-13,15H2,1-3H3,(H,25,27). The molecule has 1 heterocycles. The van der Waals surface area contributed by atoms with E-state index >= 15 is 0 Å². The Labute approximate surface area is 180 Å². The number of amides is 2. The highest BCUT2D eigenvalue weighted by Gasteiger charge is 2.23. The summed E-state index contributed by atoms with van der Waals surface area (Å²) >= 11 is 3.49. The van der Waals surface area contributed by atoms with Crippen LogP contribution in [0.3, 0.4) is 0 Å². The topological polar surface area (TPSA) is 58.6 Å². The largest absolute Gasteiger partial charge is 0.483 e. The highest BCUT2D eigenvalue weighted by Crippen LogP contribution is 2.33. The number of halogens is 1. The molecule has 0 aliphatic carbocycles. The second kappa shape index (κ2) is 8.99. The van der Waals surface area contributed by atoms with E-state index < -0.39 is 0 Å². The number of anilines is 1. The number of ether oxygens (including phenoxy) is 1. The van der Waals surface area contributed by atoms with Crippen molar-refractivity contribution in [1.29, 1.82) is 0 Å². The molecule has 3 rings (SSSR count). The van der Waals surface area contributed by atoms with Gasteiger partial charge in [-0.15, -0.1) is 0 Å². The summed E-state index contributed by atoms with van der Waals surface area (Å²) < 4.78 is 6.79. The van der Waals surface area contributed by atoms with Crippen molar-refractivity contribution in [2.45, 2.75) is 39.0 Å². The van der Waals surface area contributed by atoms with Crippen LogP contribution in [0.15, 0.2) is 46.9 Å². The maximum absolute atomic E-state index is 12.8. The van der Waals surface area contributed by atoms with E-state index in [1.165, 1.54) is 0 Å². The average molecular weight is 459 g/mol. The number of hydrogen-bond donors (Lipinski definition) is 1. The molecule has 2 aromatic carbocycles. The third-order valence-electron chi connectivity index (χ3n) is 4.93. The number of hydrogen-bond acceptors (Lipinski definition) is 3. The van der Waals surface area contributed by atoms with Gasteiger partial charge in [0.2, 0.25) is 0 Å². The lowest BCUT2D eigenvalue weighted by Crippen LogP contribution is -2.29. The lowest BCUT2D eigenvalue weighted by Gasteiger charge is -2.23. The number of nitrogens with zero attached hydrogens (tertiary/aromatic N) is 1. The maximum atomic E-state index is 12.8. The molecule has 2 amide bonds. The van der Waals surface area contributed by atoms with Gasteiger partial charge in [0.15, 0.2) is 6.61 Å². The molecule has 1 aliphatic heterocycles. The van der Waals surface area contributed by atoms with E-state index in [4.69, 9.17) is 4.74 Å². The van der Waals surface area contributed by atoms with E-state index in [-0.39, 0.29) is 23.8 Å². The van der Waals surface area contributed by atoms with Crippen LogP contribution < -0.4 is 10.1 Å². The second-order valence-electron chi connectivity index (χ2n) is 8.27. The van der Waals surface area contributed by atoms with Crippen LogP contribution in [-0.4, -0.2) is 36.4 Å². The fraction of sp³-hybridized carbons (Fsp3) is 0.391. The first-order chi connectivity index (χ1) is 13.8. The Kier molecular flexibility index (Phi) is 6.63. The zero-order valence-corrected chi connectivity index (χ0v) is 18.7. The molecule has 6 heteroatoms. The fourth-order valence-corrected chi connectivity index (χ4v) is 3.77. The number of carbonyl (C=O) groups is 2. The molecular weight excluding hydrogens is 432 g/mol. The van der Waals surface area contributed by atoms with Crippen LogP contribution in [0, 0.1) is 0 Å².